The Morgan fingerprint density at radius 1 is 1.30 bits per heavy atom. The first-order valence-electron chi connectivity index (χ1n) is 10.5. The van der Waals surface area contributed by atoms with Crippen molar-refractivity contribution in [3.63, 3.8) is 0 Å². The highest BCUT2D eigenvalue weighted by molar-refractivity contribution is 5.94. The SMILES string of the molecule is Cc1nc(C)n(-c2cc(F)ccc2CNC(=O)c2nc3n(c(=O)c2O)CCCOC3(C)C)n1. The average Bonchev–Trinajstić information content (AvgIpc) is 3.01. The van der Waals surface area contributed by atoms with Gasteiger partial charge in [-0.25, -0.2) is 19.0 Å². The Balaban J connectivity index is 1.66. The highest BCUT2D eigenvalue weighted by Gasteiger charge is 2.33. The van der Waals surface area contributed by atoms with Gasteiger partial charge in [0.05, 0.1) is 5.69 Å². The van der Waals surface area contributed by atoms with Gasteiger partial charge in [-0.2, -0.15) is 5.10 Å². The first-order chi connectivity index (χ1) is 15.6. The van der Waals surface area contributed by atoms with Crippen molar-refractivity contribution in [3.05, 3.63) is 63.1 Å². The van der Waals surface area contributed by atoms with Crippen LogP contribution in [0.5, 0.6) is 5.75 Å². The second-order valence-electron chi connectivity index (χ2n) is 8.38. The van der Waals surface area contributed by atoms with E-state index in [-0.39, 0.29) is 18.1 Å². The molecule has 0 aliphatic carbocycles. The molecule has 11 heteroatoms. The van der Waals surface area contributed by atoms with Crippen molar-refractivity contribution >= 4 is 5.91 Å². The zero-order chi connectivity index (χ0) is 23.9. The predicted molar refractivity (Wildman–Crippen MR) is 116 cm³/mol. The molecule has 0 spiro atoms. The van der Waals surface area contributed by atoms with Crippen LogP contribution in [0.4, 0.5) is 4.39 Å². The maximum absolute atomic E-state index is 14.0. The summed E-state index contributed by atoms with van der Waals surface area (Å²) in [6.45, 7) is 7.70. The van der Waals surface area contributed by atoms with Crippen LogP contribution in [0.25, 0.3) is 5.69 Å². The van der Waals surface area contributed by atoms with Crippen LogP contribution in [-0.4, -0.2) is 41.9 Å². The van der Waals surface area contributed by atoms with Crippen LogP contribution in [0, 0.1) is 19.7 Å². The standard InChI is InChI=1S/C22H25FN6O4/c1-12-25-13(2)29(27-12)16-10-15(23)7-6-14(16)11-24-19(31)17-18(30)20(32)28-8-5-9-33-22(3,4)21(28)26-17/h6-7,10,30H,5,8-9,11H2,1-4H3,(H,24,31). The van der Waals surface area contributed by atoms with E-state index in [0.717, 1.165) is 0 Å². The molecule has 10 nitrogen and oxygen atoms in total. The third-order valence-electron chi connectivity index (χ3n) is 5.48. The fourth-order valence-electron chi connectivity index (χ4n) is 3.88. The normalized spacial score (nSPS) is 15.1. The second-order valence-corrected chi connectivity index (χ2v) is 8.38. The van der Waals surface area contributed by atoms with Crippen LogP contribution < -0.4 is 10.9 Å². The monoisotopic (exact) mass is 456 g/mol. The molecular formula is C22H25FN6O4. The fourth-order valence-corrected chi connectivity index (χ4v) is 3.88. The molecule has 0 atom stereocenters. The number of rotatable bonds is 4. The van der Waals surface area contributed by atoms with Crippen molar-refractivity contribution in [3.8, 4) is 11.4 Å². The number of halogens is 1. The molecule has 33 heavy (non-hydrogen) atoms. The van der Waals surface area contributed by atoms with Gasteiger partial charge in [-0.3, -0.25) is 14.2 Å². The lowest BCUT2D eigenvalue weighted by molar-refractivity contribution is -0.0227. The minimum Gasteiger partial charge on any atom is -0.501 e. The Morgan fingerprint density at radius 2 is 2.06 bits per heavy atom. The first kappa shape index (κ1) is 22.6. The van der Waals surface area contributed by atoms with Crippen LogP contribution >= 0.6 is 0 Å². The molecule has 0 bridgehead atoms. The third kappa shape index (κ3) is 4.23. The molecule has 0 radical (unpaired) electrons. The third-order valence-corrected chi connectivity index (χ3v) is 5.48. The van der Waals surface area contributed by atoms with Gasteiger partial charge in [0.1, 0.15) is 28.9 Å². The number of hydrogen-bond acceptors (Lipinski definition) is 7. The number of nitrogens with zero attached hydrogens (tertiary/aromatic N) is 5. The van der Waals surface area contributed by atoms with Crippen molar-refractivity contribution in [2.24, 2.45) is 0 Å². The van der Waals surface area contributed by atoms with E-state index in [0.29, 0.717) is 42.5 Å². The van der Waals surface area contributed by atoms with Gasteiger partial charge in [0.2, 0.25) is 5.75 Å². The minimum absolute atomic E-state index is 0.0216. The molecule has 2 N–H and O–H groups in total. The van der Waals surface area contributed by atoms with Crippen molar-refractivity contribution < 1.29 is 19.0 Å². The smallest absolute Gasteiger partial charge is 0.296 e. The summed E-state index contributed by atoms with van der Waals surface area (Å²) in [5, 5.41) is 17.4. The fraction of sp³-hybridized carbons (Fsp3) is 0.409. The summed E-state index contributed by atoms with van der Waals surface area (Å²) >= 11 is 0. The van der Waals surface area contributed by atoms with Gasteiger partial charge in [0, 0.05) is 19.7 Å². The van der Waals surface area contributed by atoms with Crippen LogP contribution in [0.3, 0.4) is 0 Å². The number of carbonyl (C=O) groups excluding carboxylic acids is 1. The van der Waals surface area contributed by atoms with Crippen molar-refractivity contribution in [2.75, 3.05) is 6.61 Å². The topological polar surface area (TPSA) is 124 Å². The number of aromatic nitrogens is 5. The van der Waals surface area contributed by atoms with E-state index in [1.807, 2.05) is 0 Å². The number of benzene rings is 1. The summed E-state index contributed by atoms with van der Waals surface area (Å²) in [4.78, 5) is 34.2. The second kappa shape index (κ2) is 8.39. The van der Waals surface area contributed by atoms with Crippen LogP contribution in [-0.2, 0) is 23.4 Å². The Kier molecular flexibility index (Phi) is 5.75. The van der Waals surface area contributed by atoms with Gasteiger partial charge >= 0.3 is 0 Å². The summed E-state index contributed by atoms with van der Waals surface area (Å²) in [7, 11) is 0. The molecule has 2 aromatic heterocycles. The van der Waals surface area contributed by atoms with Gasteiger partial charge in [-0.1, -0.05) is 6.07 Å². The van der Waals surface area contributed by atoms with Crippen LogP contribution in [0.2, 0.25) is 0 Å². The van der Waals surface area contributed by atoms with Gasteiger partial charge < -0.3 is 15.2 Å². The lowest BCUT2D eigenvalue weighted by Crippen LogP contribution is -2.35. The van der Waals surface area contributed by atoms with E-state index in [4.69, 9.17) is 4.74 Å². The van der Waals surface area contributed by atoms with Gasteiger partial charge in [0.25, 0.3) is 11.5 Å². The highest BCUT2D eigenvalue weighted by atomic mass is 19.1. The molecule has 0 saturated carbocycles. The number of hydrogen-bond donors (Lipinski definition) is 2. The predicted octanol–water partition coefficient (Wildman–Crippen LogP) is 1.87. The lowest BCUT2D eigenvalue weighted by Gasteiger charge is -2.24. The summed E-state index contributed by atoms with van der Waals surface area (Å²) in [5.41, 5.74) is -1.01. The number of ether oxygens (including phenoxy) is 1. The minimum atomic E-state index is -0.912. The van der Waals surface area contributed by atoms with Crippen molar-refractivity contribution in [1.82, 2.24) is 29.6 Å². The summed E-state index contributed by atoms with van der Waals surface area (Å²) in [6.07, 6.45) is 0.581. The van der Waals surface area contributed by atoms with Crippen LogP contribution in [0.1, 0.15) is 53.8 Å². The van der Waals surface area contributed by atoms with E-state index in [9.17, 15) is 19.1 Å². The van der Waals surface area contributed by atoms with Gasteiger partial charge in [0.15, 0.2) is 5.69 Å². The molecule has 1 amide bonds. The maximum Gasteiger partial charge on any atom is 0.296 e. The molecule has 0 unspecified atom stereocenters. The molecule has 174 valence electrons. The number of nitrogens with one attached hydrogen (secondary N) is 1. The first-order valence-corrected chi connectivity index (χ1v) is 10.5. The molecule has 1 aliphatic rings. The Labute approximate surface area is 189 Å². The van der Waals surface area contributed by atoms with E-state index >= 15 is 0 Å². The molecule has 3 heterocycles. The van der Waals surface area contributed by atoms with E-state index in [1.165, 1.54) is 27.4 Å². The van der Waals surface area contributed by atoms with Gasteiger partial charge in [-0.15, -0.1) is 0 Å². The van der Waals surface area contributed by atoms with E-state index in [2.05, 4.69) is 20.4 Å². The largest absolute Gasteiger partial charge is 0.501 e. The molecule has 0 fully saturated rings. The quantitative estimate of drug-likeness (QED) is 0.614. The maximum atomic E-state index is 14.0. The molecule has 1 aromatic carbocycles. The molecule has 0 saturated heterocycles. The van der Waals surface area contributed by atoms with E-state index in [1.54, 1.807) is 27.7 Å². The van der Waals surface area contributed by atoms with E-state index < -0.39 is 28.6 Å². The van der Waals surface area contributed by atoms with Crippen LogP contribution in [0.15, 0.2) is 23.0 Å². The number of amides is 1. The molecule has 1 aliphatic heterocycles. The lowest BCUT2D eigenvalue weighted by atomic mass is 10.1. The van der Waals surface area contributed by atoms with Gasteiger partial charge in [-0.05, 0) is 51.8 Å². The molecule has 4 rings (SSSR count). The Hall–Kier alpha value is -3.60. The number of fused-ring (bicyclic) bond motifs is 1. The summed E-state index contributed by atoms with van der Waals surface area (Å²) in [6, 6.07) is 4.10. The molecular weight excluding hydrogens is 431 g/mol. The zero-order valence-corrected chi connectivity index (χ0v) is 18.8. The Morgan fingerprint density at radius 3 is 2.76 bits per heavy atom. The summed E-state index contributed by atoms with van der Waals surface area (Å²) in [5.74, 6) is -0.579. The van der Waals surface area contributed by atoms with Crippen molar-refractivity contribution in [2.45, 2.75) is 52.8 Å². The number of carbonyl (C=O) groups is 1. The average molecular weight is 456 g/mol. The van der Waals surface area contributed by atoms with Crippen molar-refractivity contribution in [1.29, 1.82) is 0 Å². The Bertz CT molecular complexity index is 1300. The number of aromatic hydroxyl groups is 1. The highest BCUT2D eigenvalue weighted by Crippen LogP contribution is 2.27. The zero-order valence-electron chi connectivity index (χ0n) is 18.8. The molecule has 3 aromatic rings. The summed E-state index contributed by atoms with van der Waals surface area (Å²) < 4.78 is 22.6. The number of aryl methyl sites for hydroxylation is 2.